The number of nitrogens with zero attached hydrogens (tertiary/aromatic N) is 3. The zero-order chi connectivity index (χ0) is 17.8. The van der Waals surface area contributed by atoms with Crippen molar-refractivity contribution >= 4 is 40.1 Å². The Balaban J connectivity index is 0.000000569. The van der Waals surface area contributed by atoms with E-state index in [0.29, 0.717) is 5.89 Å². The molecule has 0 aliphatic carbocycles. The number of aryl methyl sites for hydroxylation is 1. The first-order valence-corrected chi connectivity index (χ1v) is 9.42. The van der Waals surface area contributed by atoms with Crippen molar-refractivity contribution in [3.05, 3.63) is 48.4 Å². The van der Waals surface area contributed by atoms with Crippen molar-refractivity contribution in [1.82, 2.24) is 14.4 Å². The summed E-state index contributed by atoms with van der Waals surface area (Å²) in [5.74, 6) is 0.641. The first-order chi connectivity index (χ1) is 12.2. The highest BCUT2D eigenvalue weighted by molar-refractivity contribution is 7.98. The highest BCUT2D eigenvalue weighted by atomic mass is 32.2. The van der Waals surface area contributed by atoms with E-state index in [0.717, 1.165) is 28.7 Å². The van der Waals surface area contributed by atoms with Gasteiger partial charge in [-0.3, -0.25) is 0 Å². The summed E-state index contributed by atoms with van der Waals surface area (Å²) < 4.78 is 24.6. The molecule has 0 radical (unpaired) electrons. The molecule has 0 fully saturated rings. The van der Waals surface area contributed by atoms with Crippen LogP contribution < -0.4 is 0 Å². The zero-order valence-electron chi connectivity index (χ0n) is 13.6. The number of hydrogen-bond donors (Lipinski definition) is 0. The highest BCUT2D eigenvalue weighted by Gasteiger charge is 2.16. The van der Waals surface area contributed by atoms with Crippen LogP contribution in [0, 0.1) is 0 Å². The molecule has 1 aromatic carbocycles. The van der Waals surface area contributed by atoms with Gasteiger partial charge in [0.05, 0.1) is 5.56 Å². The summed E-state index contributed by atoms with van der Waals surface area (Å²) in [6, 6.07) is 8.20. The van der Waals surface area contributed by atoms with Gasteiger partial charge in [0.1, 0.15) is 11.2 Å². The average molecular weight is 373 g/mol. The molecule has 0 spiro atoms. The summed E-state index contributed by atoms with van der Waals surface area (Å²) in [6.45, 7) is 2.13. The van der Waals surface area contributed by atoms with Crippen LogP contribution in [0.2, 0.25) is 0 Å². The van der Waals surface area contributed by atoms with Gasteiger partial charge in [0.15, 0.2) is 5.58 Å². The maximum absolute atomic E-state index is 8.29. The second kappa shape index (κ2) is 7.62. The minimum atomic E-state index is -0.750. The number of hydrogen-bond acceptors (Lipinski definition) is 6. The normalized spacial score (nSPS) is 10.6. The maximum Gasteiger partial charge on any atom is 0.335 e. The molecular formula is C17H15N3O3S2. The Labute approximate surface area is 151 Å². The third-order valence-corrected chi connectivity index (χ3v) is 4.56. The smallest absolute Gasteiger partial charge is 0.335 e. The van der Waals surface area contributed by atoms with Crippen molar-refractivity contribution in [2.45, 2.75) is 18.2 Å². The van der Waals surface area contributed by atoms with Gasteiger partial charge in [-0.1, -0.05) is 6.92 Å². The molecule has 0 N–H and O–H groups in total. The van der Waals surface area contributed by atoms with Gasteiger partial charge >= 0.3 is 11.6 Å². The van der Waals surface area contributed by atoms with Crippen LogP contribution in [0.1, 0.15) is 12.5 Å². The number of rotatable bonds is 3. The Bertz CT molecular complexity index is 1070. The summed E-state index contributed by atoms with van der Waals surface area (Å²) in [5, 5.41) is 0. The molecule has 6 nitrogen and oxygen atoms in total. The molecule has 3 aromatic heterocycles. The van der Waals surface area contributed by atoms with Crippen molar-refractivity contribution in [1.29, 1.82) is 0 Å². The fraction of sp³-hybridized carbons (Fsp3) is 0.176. The molecule has 25 heavy (non-hydrogen) atoms. The van der Waals surface area contributed by atoms with Gasteiger partial charge in [0.2, 0.25) is 5.89 Å². The highest BCUT2D eigenvalue weighted by Crippen LogP contribution is 2.31. The van der Waals surface area contributed by atoms with Gasteiger partial charge in [0.25, 0.3) is 0 Å². The van der Waals surface area contributed by atoms with Crippen LogP contribution >= 0.6 is 11.8 Å². The number of thioether (sulfide) groups is 1. The van der Waals surface area contributed by atoms with Crippen LogP contribution in [0.5, 0.6) is 0 Å². The number of fused-ring (bicyclic) bond motifs is 2. The molecule has 4 aromatic rings. The quantitative estimate of drug-likeness (QED) is 0.509. The monoisotopic (exact) mass is 373 g/mol. The molecule has 0 aliphatic heterocycles. The van der Waals surface area contributed by atoms with E-state index in [9.17, 15) is 0 Å². The lowest BCUT2D eigenvalue weighted by molar-refractivity contribution is 0.619. The molecule has 0 amide bonds. The number of oxazole rings is 1. The van der Waals surface area contributed by atoms with Crippen LogP contribution in [-0.4, -0.2) is 29.0 Å². The summed E-state index contributed by atoms with van der Waals surface area (Å²) in [4.78, 5) is 10.3. The fourth-order valence-corrected chi connectivity index (χ4v) is 3.13. The average Bonchev–Trinajstić information content (AvgIpc) is 3.26. The van der Waals surface area contributed by atoms with E-state index in [-0.39, 0.29) is 0 Å². The van der Waals surface area contributed by atoms with E-state index in [2.05, 4.69) is 36.4 Å². The van der Waals surface area contributed by atoms with Gasteiger partial charge in [-0.05, 0) is 42.5 Å². The Hall–Kier alpha value is -2.45. The molecule has 0 atom stereocenters. The van der Waals surface area contributed by atoms with Crippen molar-refractivity contribution in [3.8, 4) is 11.5 Å². The third kappa shape index (κ3) is 3.35. The van der Waals surface area contributed by atoms with E-state index >= 15 is 0 Å². The minimum absolute atomic E-state index is 0.641. The van der Waals surface area contributed by atoms with Gasteiger partial charge < -0.3 is 8.82 Å². The lowest BCUT2D eigenvalue weighted by atomic mass is 10.1. The largest absolute Gasteiger partial charge is 0.436 e. The Morgan fingerprint density at radius 1 is 1.20 bits per heavy atom. The van der Waals surface area contributed by atoms with Crippen LogP contribution in [0.15, 0.2) is 52.2 Å². The van der Waals surface area contributed by atoms with Crippen molar-refractivity contribution in [2.24, 2.45) is 0 Å². The molecule has 3 heterocycles. The van der Waals surface area contributed by atoms with Crippen molar-refractivity contribution in [3.63, 3.8) is 0 Å². The topological polar surface area (TPSA) is 77.5 Å². The molecule has 8 heteroatoms. The summed E-state index contributed by atoms with van der Waals surface area (Å²) in [5.41, 5.74) is 4.75. The second-order valence-corrected chi connectivity index (χ2v) is 6.16. The summed E-state index contributed by atoms with van der Waals surface area (Å²) >= 11 is 0.952. The van der Waals surface area contributed by atoms with Gasteiger partial charge in [-0.25, -0.2) is 9.97 Å². The zero-order valence-corrected chi connectivity index (χ0v) is 15.3. The lowest BCUT2D eigenvalue weighted by Crippen LogP contribution is -1.94. The molecule has 128 valence electrons. The van der Waals surface area contributed by atoms with Gasteiger partial charge in [-0.15, -0.1) is 11.8 Å². The molecular weight excluding hydrogens is 358 g/mol. The van der Waals surface area contributed by atoms with Crippen LogP contribution in [0.25, 0.3) is 28.2 Å². The number of aromatic nitrogens is 3. The summed E-state index contributed by atoms with van der Waals surface area (Å²) in [7, 11) is 0. The maximum atomic E-state index is 8.29. The number of pyridine rings is 1. The Morgan fingerprint density at radius 2 is 2.00 bits per heavy atom. The third-order valence-electron chi connectivity index (χ3n) is 3.84. The first kappa shape index (κ1) is 17.4. The van der Waals surface area contributed by atoms with E-state index < -0.39 is 11.6 Å². The van der Waals surface area contributed by atoms with Crippen molar-refractivity contribution < 1.29 is 12.8 Å². The Kier molecular flexibility index (Phi) is 5.30. The predicted molar refractivity (Wildman–Crippen MR) is 98.3 cm³/mol. The molecule has 0 saturated carbocycles. The molecule has 0 aliphatic rings. The predicted octanol–water partition coefficient (Wildman–Crippen LogP) is 3.76. The molecule has 0 saturated heterocycles. The molecule has 4 rings (SSSR count). The van der Waals surface area contributed by atoms with Crippen LogP contribution in [-0.2, 0) is 18.0 Å². The molecule has 0 bridgehead atoms. The van der Waals surface area contributed by atoms with E-state index in [1.807, 2.05) is 22.9 Å². The second-order valence-electron chi connectivity index (χ2n) is 5.15. The molecule has 0 unspecified atom stereocenters. The SMILES string of the molecule is CCc1ccn2ccnc2c1-c1nc2cc(SC)ccc2o1.O=S=O. The van der Waals surface area contributed by atoms with Gasteiger partial charge in [-0.2, -0.15) is 8.42 Å². The van der Waals surface area contributed by atoms with Gasteiger partial charge in [0, 0.05) is 23.5 Å². The number of imidazole rings is 1. The van der Waals surface area contributed by atoms with Crippen LogP contribution in [0.3, 0.4) is 0 Å². The lowest BCUT2D eigenvalue weighted by Gasteiger charge is -2.05. The van der Waals surface area contributed by atoms with Crippen LogP contribution in [0.4, 0.5) is 0 Å². The standard InChI is InChI=1S/C17H15N3OS.O2S/c1-3-11-6-8-20-9-7-18-16(20)15(11)17-19-13-10-12(22-2)4-5-14(13)21-17;1-3-2/h4-10H,3H2,1-2H3;. The summed E-state index contributed by atoms with van der Waals surface area (Å²) in [6.07, 6.45) is 8.73. The Morgan fingerprint density at radius 3 is 2.72 bits per heavy atom. The van der Waals surface area contributed by atoms with E-state index in [4.69, 9.17) is 17.8 Å². The number of benzene rings is 1. The van der Waals surface area contributed by atoms with Crippen molar-refractivity contribution in [2.75, 3.05) is 6.26 Å². The minimum Gasteiger partial charge on any atom is -0.436 e. The fourth-order valence-electron chi connectivity index (χ4n) is 2.69. The van der Waals surface area contributed by atoms with E-state index in [1.54, 1.807) is 18.0 Å². The van der Waals surface area contributed by atoms with E-state index in [1.165, 1.54) is 10.5 Å². The first-order valence-electron chi connectivity index (χ1n) is 7.53.